The third-order valence-corrected chi connectivity index (χ3v) is 12.7. The Bertz CT molecular complexity index is 2500. The number of fused-ring (bicyclic) bond motifs is 4. The molecule has 1 aliphatic heterocycles. The van der Waals surface area contributed by atoms with Gasteiger partial charge in [-0.2, -0.15) is 0 Å². The number of methoxy groups -OCH3 is 1. The zero-order chi connectivity index (χ0) is 41.4. The predicted octanol–water partition coefficient (Wildman–Crippen LogP) is 7.07. The average Bonchev–Trinajstić information content (AvgIpc) is 3.47. The number of ether oxygens (including phenoxy) is 1. The lowest BCUT2D eigenvalue weighted by Gasteiger charge is -2.55. The third-order valence-electron chi connectivity index (χ3n) is 12.1. The maximum Gasteiger partial charge on any atom is 0.301 e. The number of phenols is 1. The lowest BCUT2D eigenvalue weighted by atomic mass is 9.44. The first-order chi connectivity index (χ1) is 27.7. The highest BCUT2D eigenvalue weighted by Crippen LogP contribution is 2.64. The molecule has 0 unspecified atom stereocenters. The number of hydrogen-bond donors (Lipinski definition) is 1. The van der Waals surface area contributed by atoms with Crippen LogP contribution in [-0.2, 0) is 24.6 Å². The van der Waals surface area contributed by atoms with Gasteiger partial charge in [0.15, 0.2) is 28.8 Å². The van der Waals surface area contributed by atoms with E-state index < -0.39 is 68.0 Å². The minimum Gasteiger partial charge on any atom is -0.503 e. The predicted molar refractivity (Wildman–Crippen MR) is 216 cm³/mol. The van der Waals surface area contributed by atoms with E-state index in [9.17, 15) is 34.9 Å². The number of hydrogen-bond acceptors (Lipinski definition) is 11. The highest BCUT2D eigenvalue weighted by molar-refractivity contribution is 9.10. The van der Waals surface area contributed by atoms with Gasteiger partial charge in [-0.05, 0) is 69.6 Å². The molecule has 4 aromatic rings. The number of Topliss-reactive ketones (excluding diaryl/α,β-unsaturated/α-hetero) is 1. The van der Waals surface area contributed by atoms with Gasteiger partial charge in [-0.3, -0.25) is 39.4 Å². The van der Waals surface area contributed by atoms with Crippen LogP contribution in [0.4, 0.5) is 22.7 Å². The summed E-state index contributed by atoms with van der Waals surface area (Å²) in [5.74, 6) is -7.03. The molecule has 294 valence electrons. The van der Waals surface area contributed by atoms with Crippen LogP contribution in [0.5, 0.6) is 11.5 Å². The smallest absolute Gasteiger partial charge is 0.301 e. The number of nitro groups is 2. The fraction of sp³-hybridized carbons (Fsp3) is 0.256. The molecule has 3 aliphatic carbocycles. The SMILES string of the molecule is COc1cc([C@H]2C3=CC[C@@H]4C(=O)N(c5cc([N+](=O)[O-])c(N(C)C)c([N+](=O)[O-])c5)C(=O)[C@@H]4[C@@H]3C[C@H]3C(=O)C(c4ccccc4)=CC(=O)[C@@]23c2ccccc2)cc(Br)c1O. The molecule has 58 heavy (non-hydrogen) atoms. The quantitative estimate of drug-likeness (QED) is 0.0826. The van der Waals surface area contributed by atoms with Crippen LogP contribution >= 0.6 is 15.9 Å². The minimum absolute atomic E-state index is 0.0176. The van der Waals surface area contributed by atoms with Crippen molar-refractivity contribution in [3.8, 4) is 11.5 Å². The van der Waals surface area contributed by atoms with Crippen molar-refractivity contribution in [1.82, 2.24) is 0 Å². The number of benzene rings is 4. The van der Waals surface area contributed by atoms with E-state index in [1.165, 1.54) is 32.2 Å². The summed E-state index contributed by atoms with van der Waals surface area (Å²) in [5, 5.41) is 35.4. The molecular formula is C43H35BrN4O10. The number of anilines is 2. The molecule has 0 spiro atoms. The number of nitrogens with zero attached hydrogens (tertiary/aromatic N) is 4. The molecule has 0 bridgehead atoms. The van der Waals surface area contributed by atoms with E-state index in [0.29, 0.717) is 22.3 Å². The van der Waals surface area contributed by atoms with Crippen molar-refractivity contribution in [3.05, 3.63) is 144 Å². The van der Waals surface area contributed by atoms with Crippen LogP contribution < -0.4 is 14.5 Å². The maximum atomic E-state index is 15.3. The molecule has 0 radical (unpaired) electrons. The first-order valence-electron chi connectivity index (χ1n) is 18.4. The van der Waals surface area contributed by atoms with E-state index in [-0.39, 0.29) is 57.3 Å². The molecule has 6 atom stereocenters. The van der Waals surface area contributed by atoms with E-state index in [0.717, 1.165) is 17.0 Å². The first kappa shape index (κ1) is 38.4. The van der Waals surface area contributed by atoms with Gasteiger partial charge in [-0.15, -0.1) is 0 Å². The highest BCUT2D eigenvalue weighted by atomic mass is 79.9. The Morgan fingerprint density at radius 2 is 1.50 bits per heavy atom. The number of ketones is 2. The standard InChI is InChI=1S/C43H35BrN4O10/c1-45(2)38-32(47(54)55)18-25(19-33(38)48(56)57)46-41(52)27-15-14-26-29(36(27)42(46)53)20-30-39(50)28(22-10-6-4-7-11-22)21-35(49)43(30,24-12-8-5-9-13-24)37(26)23-16-31(44)40(51)34(17-23)58-3/h4-14,16-19,21,27,29-30,36-37,51H,15,20H2,1-3H3/t27-,29+,30-,36-,37-,43-/m0/s1. The molecule has 1 N–H and O–H groups in total. The summed E-state index contributed by atoms with van der Waals surface area (Å²) >= 11 is 3.45. The number of imide groups is 1. The molecule has 4 aromatic carbocycles. The van der Waals surface area contributed by atoms with E-state index in [1.54, 1.807) is 72.8 Å². The summed E-state index contributed by atoms with van der Waals surface area (Å²) in [5.41, 5.74) is -1.05. The molecule has 14 nitrogen and oxygen atoms in total. The van der Waals surface area contributed by atoms with Gasteiger partial charge in [-0.25, -0.2) is 4.90 Å². The molecule has 4 aliphatic rings. The van der Waals surface area contributed by atoms with Crippen molar-refractivity contribution in [2.24, 2.45) is 23.7 Å². The summed E-state index contributed by atoms with van der Waals surface area (Å²) in [6.07, 6.45) is 3.26. The number of carbonyl (C=O) groups excluding carboxylic acids is 4. The molecule has 1 heterocycles. The second-order valence-corrected chi connectivity index (χ2v) is 15.9. The van der Waals surface area contributed by atoms with Crippen molar-refractivity contribution >= 4 is 67.6 Å². The first-order valence-corrected chi connectivity index (χ1v) is 19.2. The van der Waals surface area contributed by atoms with Crippen molar-refractivity contribution in [2.45, 2.75) is 24.2 Å². The van der Waals surface area contributed by atoms with Crippen LogP contribution in [0.2, 0.25) is 0 Å². The minimum atomic E-state index is -1.55. The monoisotopic (exact) mass is 846 g/mol. The number of amides is 2. The maximum absolute atomic E-state index is 15.3. The van der Waals surface area contributed by atoms with Gasteiger partial charge in [0.05, 0.1) is 44.4 Å². The zero-order valence-corrected chi connectivity index (χ0v) is 32.9. The van der Waals surface area contributed by atoms with E-state index in [4.69, 9.17) is 4.74 Å². The van der Waals surface area contributed by atoms with Crippen LogP contribution in [0.25, 0.3) is 5.57 Å². The van der Waals surface area contributed by atoms with Crippen LogP contribution in [0, 0.1) is 43.9 Å². The number of carbonyl (C=O) groups is 4. The topological polar surface area (TPSA) is 190 Å². The molecule has 0 aromatic heterocycles. The number of phenolic OH excluding ortho intramolecular Hbond substituents is 1. The Morgan fingerprint density at radius 3 is 2.09 bits per heavy atom. The molecule has 1 saturated carbocycles. The van der Waals surface area contributed by atoms with Crippen molar-refractivity contribution in [3.63, 3.8) is 0 Å². The number of nitro benzene ring substituents is 2. The molecule has 1 saturated heterocycles. The van der Waals surface area contributed by atoms with Gasteiger partial charge in [0.1, 0.15) is 0 Å². The zero-order valence-electron chi connectivity index (χ0n) is 31.3. The molecule has 15 heteroatoms. The van der Waals surface area contributed by atoms with Crippen molar-refractivity contribution in [1.29, 1.82) is 0 Å². The number of rotatable bonds is 8. The van der Waals surface area contributed by atoms with E-state index in [1.807, 2.05) is 6.08 Å². The second kappa shape index (κ2) is 14.2. The van der Waals surface area contributed by atoms with Gasteiger partial charge in [0, 0.05) is 43.6 Å². The lowest BCUT2D eigenvalue weighted by Crippen LogP contribution is -2.58. The van der Waals surface area contributed by atoms with E-state index in [2.05, 4.69) is 15.9 Å². The summed E-state index contributed by atoms with van der Waals surface area (Å²) in [6, 6.07) is 23.0. The van der Waals surface area contributed by atoms with Gasteiger partial charge in [0.2, 0.25) is 11.8 Å². The van der Waals surface area contributed by atoms with E-state index >= 15 is 9.59 Å². The van der Waals surface area contributed by atoms with Gasteiger partial charge >= 0.3 is 11.4 Å². The molecule has 8 rings (SSSR count). The second-order valence-electron chi connectivity index (χ2n) is 15.1. The normalized spacial score (nSPS) is 25.0. The fourth-order valence-corrected chi connectivity index (χ4v) is 10.3. The van der Waals surface area contributed by atoms with Gasteiger partial charge < -0.3 is 14.7 Å². The fourth-order valence-electron chi connectivity index (χ4n) is 9.88. The van der Waals surface area contributed by atoms with Crippen LogP contribution in [0.3, 0.4) is 0 Å². The largest absolute Gasteiger partial charge is 0.503 e. The third kappa shape index (κ3) is 5.58. The van der Waals surface area contributed by atoms with Gasteiger partial charge in [0.25, 0.3) is 0 Å². The van der Waals surface area contributed by atoms with Crippen molar-refractivity contribution < 1.29 is 38.9 Å². The summed E-state index contributed by atoms with van der Waals surface area (Å²) < 4.78 is 5.82. The van der Waals surface area contributed by atoms with Crippen molar-refractivity contribution in [2.75, 3.05) is 31.0 Å². The Kier molecular flexibility index (Phi) is 9.38. The summed E-state index contributed by atoms with van der Waals surface area (Å²) in [6.45, 7) is 0. The Labute approximate surface area is 339 Å². The Hall–Kier alpha value is -6.48. The lowest BCUT2D eigenvalue weighted by molar-refractivity contribution is -0.392. The van der Waals surface area contributed by atoms with Crippen LogP contribution in [-0.4, -0.2) is 59.5 Å². The number of halogens is 1. The van der Waals surface area contributed by atoms with Crippen LogP contribution in [0.1, 0.15) is 35.4 Å². The molecular weight excluding hydrogens is 812 g/mol. The van der Waals surface area contributed by atoms with Crippen LogP contribution in [0.15, 0.2) is 107 Å². The number of aromatic hydroxyl groups is 1. The van der Waals surface area contributed by atoms with Gasteiger partial charge in [-0.1, -0.05) is 72.3 Å². The Morgan fingerprint density at radius 1 is 0.879 bits per heavy atom. The summed E-state index contributed by atoms with van der Waals surface area (Å²) in [4.78, 5) is 84.7. The number of allylic oxidation sites excluding steroid dienone is 4. The average molecular weight is 848 g/mol. The Balaban J connectivity index is 1.35. The summed E-state index contributed by atoms with van der Waals surface area (Å²) in [7, 11) is 4.21. The molecule has 2 fully saturated rings. The molecule has 2 amide bonds. The highest BCUT2D eigenvalue weighted by Gasteiger charge is 2.66.